The molecule has 3 aromatic carbocycles. The van der Waals surface area contributed by atoms with Crippen molar-refractivity contribution in [2.45, 2.75) is 10.1 Å². The maximum Gasteiger partial charge on any atom is 0.267 e. The summed E-state index contributed by atoms with van der Waals surface area (Å²) < 4.78 is 4.17. The molecule has 1 aliphatic heterocycles. The van der Waals surface area contributed by atoms with E-state index >= 15 is 0 Å². The van der Waals surface area contributed by atoms with Gasteiger partial charge < -0.3 is 4.98 Å². The van der Waals surface area contributed by atoms with Crippen LogP contribution in [0.25, 0.3) is 21.3 Å². The predicted octanol–water partition coefficient (Wildman–Crippen LogP) is 8.32. The van der Waals surface area contributed by atoms with Gasteiger partial charge in [0.25, 0.3) is 11.8 Å². The van der Waals surface area contributed by atoms with Crippen molar-refractivity contribution in [1.82, 2.24) is 15.0 Å². The van der Waals surface area contributed by atoms with Crippen molar-refractivity contribution in [1.29, 1.82) is 0 Å². The van der Waals surface area contributed by atoms with Crippen LogP contribution in [-0.2, 0) is 5.75 Å². The number of para-hydroxylation sites is 2. The van der Waals surface area contributed by atoms with Gasteiger partial charge >= 0.3 is 0 Å². The van der Waals surface area contributed by atoms with E-state index < -0.39 is 0 Å². The number of anilines is 1. The zero-order valence-electron chi connectivity index (χ0n) is 17.2. The molecular formula is C23H10Br4N4O2S2. The van der Waals surface area contributed by atoms with Gasteiger partial charge in [0.15, 0.2) is 4.34 Å². The number of aromatic nitrogens is 3. The van der Waals surface area contributed by atoms with Gasteiger partial charge in [-0.25, -0.2) is 14.9 Å². The first-order valence-electron chi connectivity index (χ1n) is 10.0. The van der Waals surface area contributed by atoms with Crippen LogP contribution in [0, 0.1) is 0 Å². The summed E-state index contributed by atoms with van der Waals surface area (Å²) in [7, 11) is 0. The fourth-order valence-electron chi connectivity index (χ4n) is 3.88. The van der Waals surface area contributed by atoms with Crippen LogP contribution >= 0.6 is 86.8 Å². The lowest BCUT2D eigenvalue weighted by molar-refractivity contribution is 0.0926. The Bertz CT molecular complexity index is 1640. The van der Waals surface area contributed by atoms with Crippen LogP contribution in [0.4, 0.5) is 5.69 Å². The number of nitrogens with one attached hydrogen (secondary N) is 1. The standard InChI is InChI=1S/C23H10Br4N4O2S2/c24-17-15-16(18(25)20(27)19(17)26)22(33)31(21(15)32)9-5-6-12-13(7-9)35-23(30-12)34-8-14-28-10-3-1-2-4-11(10)29-14/h1-7H,8H2,(H,28,29). The molecule has 12 heteroatoms. The molecule has 174 valence electrons. The number of imide groups is 1. The SMILES string of the molecule is O=C1c2c(Br)c(Br)c(Br)c(Br)c2C(=O)N1c1ccc2nc(SCc3nc4ccccc4[nH]3)sc2c1. The number of H-pyrrole nitrogens is 1. The number of halogens is 4. The molecule has 0 radical (unpaired) electrons. The summed E-state index contributed by atoms with van der Waals surface area (Å²) in [5.74, 6) is 0.782. The molecule has 2 aromatic heterocycles. The Morgan fingerprint density at radius 1 is 0.857 bits per heavy atom. The summed E-state index contributed by atoms with van der Waals surface area (Å²) in [5.41, 5.74) is 3.92. The van der Waals surface area contributed by atoms with Crippen LogP contribution in [0.3, 0.4) is 0 Å². The molecule has 6 rings (SSSR count). The van der Waals surface area contributed by atoms with Gasteiger partial charge in [0.1, 0.15) is 5.82 Å². The number of fused-ring (bicyclic) bond motifs is 3. The Morgan fingerprint density at radius 2 is 1.54 bits per heavy atom. The van der Waals surface area contributed by atoms with E-state index in [2.05, 4.69) is 73.7 Å². The van der Waals surface area contributed by atoms with Crippen molar-refractivity contribution in [3.63, 3.8) is 0 Å². The van der Waals surface area contributed by atoms with Gasteiger partial charge in [-0.1, -0.05) is 23.9 Å². The van der Waals surface area contributed by atoms with E-state index in [4.69, 9.17) is 4.98 Å². The molecule has 0 atom stereocenters. The number of rotatable bonds is 4. The minimum absolute atomic E-state index is 0.323. The molecule has 3 heterocycles. The van der Waals surface area contributed by atoms with Crippen LogP contribution in [-0.4, -0.2) is 26.8 Å². The Labute approximate surface area is 240 Å². The number of aromatic amines is 1. The fourth-order valence-corrected chi connectivity index (χ4v) is 8.31. The van der Waals surface area contributed by atoms with E-state index in [0.717, 1.165) is 31.4 Å². The number of benzene rings is 3. The smallest absolute Gasteiger partial charge is 0.267 e. The van der Waals surface area contributed by atoms with Crippen LogP contribution in [0.1, 0.15) is 26.5 Å². The van der Waals surface area contributed by atoms with Crippen molar-refractivity contribution in [2.24, 2.45) is 0 Å². The summed E-state index contributed by atoms with van der Waals surface area (Å²) in [5, 5.41) is 0. The lowest BCUT2D eigenvalue weighted by atomic mass is 10.1. The molecule has 0 aliphatic carbocycles. The second kappa shape index (κ2) is 9.07. The molecule has 0 saturated carbocycles. The molecule has 0 bridgehead atoms. The number of hydrogen-bond donors (Lipinski definition) is 1. The second-order valence-corrected chi connectivity index (χ2v) is 13.0. The van der Waals surface area contributed by atoms with Crippen molar-refractivity contribution in [3.8, 4) is 0 Å². The van der Waals surface area contributed by atoms with Gasteiger partial charge in [-0.3, -0.25) is 9.59 Å². The third kappa shape index (κ3) is 3.93. The number of amides is 2. The minimum atomic E-state index is -0.380. The largest absolute Gasteiger partial charge is 0.341 e. The summed E-state index contributed by atoms with van der Waals surface area (Å²) in [4.78, 5) is 40.5. The van der Waals surface area contributed by atoms with Gasteiger partial charge in [-0.05, 0) is 94.1 Å². The van der Waals surface area contributed by atoms with Gasteiger partial charge in [-0.2, -0.15) is 0 Å². The number of carbonyl (C=O) groups excluding carboxylic acids is 2. The highest BCUT2D eigenvalue weighted by Gasteiger charge is 2.42. The first kappa shape index (κ1) is 23.8. The molecular weight excluding hydrogens is 748 g/mol. The van der Waals surface area contributed by atoms with Gasteiger partial charge in [0, 0.05) is 17.9 Å². The highest BCUT2D eigenvalue weighted by Crippen LogP contribution is 2.46. The highest BCUT2D eigenvalue weighted by molar-refractivity contribution is 9.15. The average molecular weight is 758 g/mol. The molecule has 0 spiro atoms. The molecule has 1 aliphatic rings. The van der Waals surface area contributed by atoms with E-state index in [-0.39, 0.29) is 11.8 Å². The zero-order valence-corrected chi connectivity index (χ0v) is 25.2. The van der Waals surface area contributed by atoms with Crippen LogP contribution in [0.15, 0.2) is 64.7 Å². The summed E-state index contributed by atoms with van der Waals surface area (Å²) in [6.45, 7) is 0. The Kier molecular flexibility index (Phi) is 6.17. The third-order valence-electron chi connectivity index (χ3n) is 5.48. The quantitative estimate of drug-likeness (QED) is 0.0864. The Hall–Kier alpha value is -1.57. The average Bonchev–Trinajstić information content (AvgIpc) is 3.52. The molecule has 35 heavy (non-hydrogen) atoms. The monoisotopic (exact) mass is 754 g/mol. The summed E-state index contributed by atoms with van der Waals surface area (Å²) in [6.07, 6.45) is 0. The van der Waals surface area contributed by atoms with Crippen molar-refractivity contribution in [2.75, 3.05) is 4.90 Å². The first-order valence-corrected chi connectivity index (χ1v) is 15.0. The van der Waals surface area contributed by atoms with E-state index in [1.165, 1.54) is 16.2 Å². The number of nitrogens with zero attached hydrogens (tertiary/aromatic N) is 3. The molecule has 5 aromatic rings. The maximum atomic E-state index is 13.3. The third-order valence-corrected chi connectivity index (χ3v) is 12.4. The van der Waals surface area contributed by atoms with Crippen LogP contribution in [0.2, 0.25) is 0 Å². The molecule has 1 N–H and O–H groups in total. The lowest BCUT2D eigenvalue weighted by Crippen LogP contribution is -2.29. The number of thioether (sulfide) groups is 1. The van der Waals surface area contributed by atoms with Crippen LogP contribution < -0.4 is 4.90 Å². The highest BCUT2D eigenvalue weighted by atomic mass is 79.9. The second-order valence-electron chi connectivity index (χ2n) is 7.57. The molecule has 6 nitrogen and oxygen atoms in total. The summed E-state index contributed by atoms with van der Waals surface area (Å²) in [6, 6.07) is 13.4. The van der Waals surface area contributed by atoms with E-state index in [0.29, 0.717) is 40.5 Å². The van der Waals surface area contributed by atoms with Gasteiger partial charge in [-0.15, -0.1) is 11.3 Å². The lowest BCUT2D eigenvalue weighted by Gasteiger charge is -2.13. The molecule has 0 unspecified atom stereocenters. The van der Waals surface area contributed by atoms with Crippen molar-refractivity contribution < 1.29 is 9.59 Å². The number of thiazole rings is 1. The number of carbonyl (C=O) groups is 2. The topological polar surface area (TPSA) is 79.0 Å². The first-order chi connectivity index (χ1) is 16.8. The Balaban J connectivity index is 1.30. The normalized spacial score (nSPS) is 13.4. The fraction of sp³-hybridized carbons (Fsp3) is 0.0435. The Morgan fingerprint density at radius 3 is 2.23 bits per heavy atom. The van der Waals surface area contributed by atoms with E-state index in [1.54, 1.807) is 17.8 Å². The zero-order chi connectivity index (χ0) is 24.4. The van der Waals surface area contributed by atoms with E-state index in [1.807, 2.05) is 36.4 Å². The molecule has 0 fully saturated rings. The molecule has 2 amide bonds. The van der Waals surface area contributed by atoms with E-state index in [9.17, 15) is 9.59 Å². The van der Waals surface area contributed by atoms with Crippen molar-refractivity contribution in [3.05, 3.63) is 77.3 Å². The van der Waals surface area contributed by atoms with Crippen LogP contribution in [0.5, 0.6) is 0 Å². The summed E-state index contributed by atoms with van der Waals surface area (Å²) >= 11 is 17.0. The minimum Gasteiger partial charge on any atom is -0.341 e. The predicted molar refractivity (Wildman–Crippen MR) is 154 cm³/mol. The van der Waals surface area contributed by atoms with Gasteiger partial charge in [0.05, 0.1) is 43.8 Å². The van der Waals surface area contributed by atoms with Crippen molar-refractivity contribution >= 4 is 126 Å². The number of hydrogen-bond acceptors (Lipinski definition) is 6. The van der Waals surface area contributed by atoms with Gasteiger partial charge in [0.2, 0.25) is 0 Å². The maximum absolute atomic E-state index is 13.3. The molecule has 0 saturated heterocycles. The number of imidazole rings is 1.